The average molecular weight is 533 g/mol. The van der Waals surface area contributed by atoms with E-state index in [-0.39, 0.29) is 23.4 Å². The highest BCUT2D eigenvalue weighted by Crippen LogP contribution is 2.28. The number of benzene rings is 2. The van der Waals surface area contributed by atoms with Gasteiger partial charge in [0, 0.05) is 20.3 Å². The van der Waals surface area contributed by atoms with Crippen molar-refractivity contribution in [3.8, 4) is 0 Å². The van der Waals surface area contributed by atoms with Gasteiger partial charge in [0.25, 0.3) is 0 Å². The predicted molar refractivity (Wildman–Crippen MR) is 120 cm³/mol. The van der Waals surface area contributed by atoms with Crippen LogP contribution in [0.4, 0.5) is 5.69 Å². The second kappa shape index (κ2) is 9.56. The van der Waals surface area contributed by atoms with Gasteiger partial charge in [-0.05, 0) is 84.0 Å². The van der Waals surface area contributed by atoms with Crippen molar-refractivity contribution in [2.75, 3.05) is 11.9 Å². The quantitative estimate of drug-likeness (QED) is 0.538. The fraction of sp³-hybridized carbons (Fsp3) is 0.350. The van der Waals surface area contributed by atoms with Crippen molar-refractivity contribution < 1.29 is 13.2 Å². The molecule has 0 aromatic heterocycles. The lowest BCUT2D eigenvalue weighted by molar-refractivity contribution is -0.116. The molecule has 1 aliphatic carbocycles. The Kier molecular flexibility index (Phi) is 7.36. The van der Waals surface area contributed by atoms with Crippen LogP contribution in [-0.4, -0.2) is 31.2 Å². The van der Waals surface area contributed by atoms with Crippen molar-refractivity contribution in [1.82, 2.24) is 4.31 Å². The van der Waals surface area contributed by atoms with Crippen LogP contribution in [0.2, 0.25) is 5.02 Å². The van der Waals surface area contributed by atoms with Gasteiger partial charge in [0.05, 0.1) is 11.4 Å². The topological polar surface area (TPSA) is 66.5 Å². The van der Waals surface area contributed by atoms with Gasteiger partial charge in [0.15, 0.2) is 0 Å². The first kappa shape index (κ1) is 21.5. The lowest BCUT2D eigenvalue weighted by atomic mass is 9.95. The minimum absolute atomic E-state index is 0.157. The van der Waals surface area contributed by atoms with E-state index in [1.165, 1.54) is 16.4 Å². The molecular formula is C20H22ClIN2O3S. The van der Waals surface area contributed by atoms with E-state index in [1.807, 2.05) is 12.1 Å². The Morgan fingerprint density at radius 1 is 1.04 bits per heavy atom. The minimum atomic E-state index is -3.80. The van der Waals surface area contributed by atoms with E-state index in [0.29, 0.717) is 10.7 Å². The highest BCUT2D eigenvalue weighted by atomic mass is 127. The molecule has 1 fully saturated rings. The molecule has 0 heterocycles. The van der Waals surface area contributed by atoms with Crippen LogP contribution in [0.15, 0.2) is 53.4 Å². The van der Waals surface area contributed by atoms with Crippen molar-refractivity contribution in [2.45, 2.75) is 43.0 Å². The van der Waals surface area contributed by atoms with E-state index in [9.17, 15) is 13.2 Å². The molecule has 0 atom stereocenters. The van der Waals surface area contributed by atoms with Gasteiger partial charge in [0.1, 0.15) is 0 Å². The average Bonchev–Trinajstić information content (AvgIpc) is 2.69. The molecule has 1 amide bonds. The smallest absolute Gasteiger partial charge is 0.243 e. The van der Waals surface area contributed by atoms with Gasteiger partial charge in [-0.3, -0.25) is 4.79 Å². The Morgan fingerprint density at radius 2 is 1.64 bits per heavy atom. The summed E-state index contributed by atoms with van der Waals surface area (Å²) in [7, 11) is -3.80. The molecule has 0 aliphatic heterocycles. The molecule has 5 nitrogen and oxygen atoms in total. The van der Waals surface area contributed by atoms with Crippen LogP contribution in [0.5, 0.6) is 0 Å². The van der Waals surface area contributed by atoms with E-state index in [4.69, 9.17) is 11.6 Å². The zero-order valence-corrected chi connectivity index (χ0v) is 19.0. The molecular weight excluding hydrogens is 511 g/mol. The Hall–Kier alpha value is -1.16. The van der Waals surface area contributed by atoms with Gasteiger partial charge in [-0.15, -0.1) is 0 Å². The summed E-state index contributed by atoms with van der Waals surface area (Å²) in [5.74, 6) is -0.343. The number of rotatable bonds is 6. The third-order valence-corrected chi connectivity index (χ3v) is 7.71. The lowest BCUT2D eigenvalue weighted by Gasteiger charge is -2.33. The van der Waals surface area contributed by atoms with Gasteiger partial charge >= 0.3 is 0 Å². The highest BCUT2D eigenvalue weighted by molar-refractivity contribution is 14.1. The Balaban J connectivity index is 1.83. The standard InChI is InChI=1S/C20H22ClIN2O3S/c21-15-6-12-19(13-7-15)28(26,27)24(18-4-2-1-3-5-18)14-20(25)23-17-10-8-16(22)9-11-17/h6-13,18H,1-5,14H2,(H,23,25). The second-order valence-electron chi connectivity index (χ2n) is 6.85. The highest BCUT2D eigenvalue weighted by Gasteiger charge is 2.34. The first-order valence-electron chi connectivity index (χ1n) is 9.19. The summed E-state index contributed by atoms with van der Waals surface area (Å²) in [5, 5.41) is 3.27. The number of nitrogens with zero attached hydrogens (tertiary/aromatic N) is 1. The summed E-state index contributed by atoms with van der Waals surface area (Å²) in [6, 6.07) is 13.3. The molecule has 3 rings (SSSR count). The molecule has 0 radical (unpaired) electrons. The van der Waals surface area contributed by atoms with Crippen LogP contribution in [0.25, 0.3) is 0 Å². The summed E-state index contributed by atoms with van der Waals surface area (Å²) in [4.78, 5) is 12.8. The van der Waals surface area contributed by atoms with Crippen LogP contribution in [0.1, 0.15) is 32.1 Å². The molecule has 150 valence electrons. The van der Waals surface area contributed by atoms with Crippen LogP contribution in [0.3, 0.4) is 0 Å². The van der Waals surface area contributed by atoms with E-state index in [0.717, 1.165) is 35.7 Å². The SMILES string of the molecule is O=C(CN(C1CCCCC1)S(=O)(=O)c1ccc(Cl)cc1)Nc1ccc(I)cc1. The van der Waals surface area contributed by atoms with E-state index < -0.39 is 10.0 Å². The van der Waals surface area contributed by atoms with Crippen LogP contribution < -0.4 is 5.32 Å². The van der Waals surface area contributed by atoms with Crippen molar-refractivity contribution in [3.05, 3.63) is 57.1 Å². The fourth-order valence-corrected chi connectivity index (χ4v) is 5.52. The molecule has 0 saturated heterocycles. The number of hydrogen-bond donors (Lipinski definition) is 1. The van der Waals surface area contributed by atoms with Gasteiger partial charge < -0.3 is 5.32 Å². The Bertz CT molecular complexity index is 911. The van der Waals surface area contributed by atoms with Gasteiger partial charge in [-0.2, -0.15) is 4.31 Å². The number of carbonyl (C=O) groups is 1. The van der Waals surface area contributed by atoms with E-state index >= 15 is 0 Å². The maximum atomic E-state index is 13.3. The first-order valence-corrected chi connectivity index (χ1v) is 12.1. The molecule has 2 aromatic rings. The predicted octanol–water partition coefficient (Wildman–Crippen LogP) is 4.91. The molecule has 1 saturated carbocycles. The molecule has 1 aliphatic rings. The van der Waals surface area contributed by atoms with E-state index in [1.54, 1.807) is 24.3 Å². The molecule has 1 N–H and O–H groups in total. The molecule has 0 spiro atoms. The van der Waals surface area contributed by atoms with Gasteiger partial charge in [-0.25, -0.2) is 8.42 Å². The van der Waals surface area contributed by atoms with Crippen molar-refractivity contribution in [2.24, 2.45) is 0 Å². The Labute approximate surface area is 184 Å². The summed E-state index contributed by atoms with van der Waals surface area (Å²) < 4.78 is 29.0. The maximum Gasteiger partial charge on any atom is 0.243 e. The summed E-state index contributed by atoms with van der Waals surface area (Å²) in [6.45, 7) is -0.207. The van der Waals surface area contributed by atoms with Crippen molar-refractivity contribution >= 4 is 55.8 Å². The van der Waals surface area contributed by atoms with E-state index in [2.05, 4.69) is 27.9 Å². The summed E-state index contributed by atoms with van der Waals surface area (Å²) in [5.41, 5.74) is 0.651. The molecule has 0 bridgehead atoms. The maximum absolute atomic E-state index is 13.3. The van der Waals surface area contributed by atoms with Crippen LogP contribution in [-0.2, 0) is 14.8 Å². The monoisotopic (exact) mass is 532 g/mol. The van der Waals surface area contributed by atoms with Crippen molar-refractivity contribution in [3.63, 3.8) is 0 Å². The zero-order valence-electron chi connectivity index (χ0n) is 15.3. The molecule has 8 heteroatoms. The lowest BCUT2D eigenvalue weighted by Crippen LogP contribution is -2.45. The number of nitrogens with one attached hydrogen (secondary N) is 1. The Morgan fingerprint density at radius 3 is 2.25 bits per heavy atom. The number of halogens is 2. The fourth-order valence-electron chi connectivity index (χ4n) is 3.40. The van der Waals surface area contributed by atoms with Gasteiger partial charge in [-0.1, -0.05) is 30.9 Å². The number of hydrogen-bond acceptors (Lipinski definition) is 3. The van der Waals surface area contributed by atoms with Crippen LogP contribution in [0, 0.1) is 3.57 Å². The largest absolute Gasteiger partial charge is 0.325 e. The number of carbonyl (C=O) groups excluding carboxylic acids is 1. The normalized spacial score (nSPS) is 15.5. The number of sulfonamides is 1. The van der Waals surface area contributed by atoms with Crippen LogP contribution >= 0.6 is 34.2 Å². The number of amides is 1. The van der Waals surface area contributed by atoms with Gasteiger partial charge in [0.2, 0.25) is 15.9 Å². The molecule has 0 unspecified atom stereocenters. The molecule has 2 aromatic carbocycles. The first-order chi connectivity index (χ1) is 13.4. The third-order valence-electron chi connectivity index (χ3n) is 4.83. The van der Waals surface area contributed by atoms with Crippen molar-refractivity contribution in [1.29, 1.82) is 0 Å². The second-order valence-corrected chi connectivity index (χ2v) is 10.4. The summed E-state index contributed by atoms with van der Waals surface area (Å²) >= 11 is 8.09. The molecule has 28 heavy (non-hydrogen) atoms. The minimum Gasteiger partial charge on any atom is -0.325 e. The zero-order chi connectivity index (χ0) is 20.1. The number of anilines is 1. The third kappa shape index (κ3) is 5.46. The summed E-state index contributed by atoms with van der Waals surface area (Å²) in [6.07, 6.45) is 4.57.